The number of likely N-dealkylation sites (tertiary alicyclic amines) is 1. The summed E-state index contributed by atoms with van der Waals surface area (Å²) in [6.45, 7) is 4.51. The van der Waals surface area contributed by atoms with Gasteiger partial charge < -0.3 is 14.8 Å². The number of rotatable bonds is 9. The van der Waals surface area contributed by atoms with E-state index in [0.717, 1.165) is 37.4 Å². The second kappa shape index (κ2) is 10.3. The first-order valence-electron chi connectivity index (χ1n) is 9.99. The van der Waals surface area contributed by atoms with Crippen molar-refractivity contribution < 1.29 is 9.47 Å². The molecule has 2 aromatic rings. The molecule has 0 radical (unpaired) electrons. The zero-order valence-electron chi connectivity index (χ0n) is 16.6. The minimum absolute atomic E-state index is 0.655. The summed E-state index contributed by atoms with van der Waals surface area (Å²) < 4.78 is 10.7. The number of aryl methyl sites for hydroxylation is 1. The quantitative estimate of drug-likeness (QED) is 0.681. The van der Waals surface area contributed by atoms with Crippen LogP contribution in [0.2, 0.25) is 0 Å². The summed E-state index contributed by atoms with van der Waals surface area (Å²) >= 11 is 0. The lowest BCUT2D eigenvalue weighted by Gasteiger charge is -2.32. The molecule has 0 saturated carbocycles. The first-order valence-corrected chi connectivity index (χ1v) is 9.99. The number of nitrogens with one attached hydrogen (secondary N) is 1. The summed E-state index contributed by atoms with van der Waals surface area (Å²) in [5, 5.41) is 3.74. The maximum Gasteiger partial charge on any atom is 0.160 e. The fourth-order valence-electron chi connectivity index (χ4n) is 3.77. The summed E-state index contributed by atoms with van der Waals surface area (Å²) in [7, 11) is 3.36. The Morgan fingerprint density at radius 3 is 2.37 bits per heavy atom. The van der Waals surface area contributed by atoms with E-state index in [9.17, 15) is 0 Å². The molecule has 1 aliphatic heterocycles. The van der Waals surface area contributed by atoms with Crippen molar-refractivity contribution in [3.63, 3.8) is 0 Å². The molecule has 1 aliphatic rings. The molecule has 1 N–H and O–H groups in total. The highest BCUT2D eigenvalue weighted by atomic mass is 16.5. The van der Waals surface area contributed by atoms with Crippen molar-refractivity contribution in [2.24, 2.45) is 0 Å². The number of benzene rings is 2. The summed E-state index contributed by atoms with van der Waals surface area (Å²) in [5.41, 5.74) is 2.71. The summed E-state index contributed by atoms with van der Waals surface area (Å²) in [5.74, 6) is 1.61. The lowest BCUT2D eigenvalue weighted by molar-refractivity contribution is 0.190. The van der Waals surface area contributed by atoms with Crippen LogP contribution in [-0.4, -0.2) is 44.8 Å². The molecule has 2 aromatic carbocycles. The van der Waals surface area contributed by atoms with Crippen molar-refractivity contribution >= 4 is 0 Å². The molecule has 0 amide bonds. The SMILES string of the molecule is COc1ccc(CCCNC2CCN(Cc3ccccc3)CC2)cc1OC. The van der Waals surface area contributed by atoms with Gasteiger partial charge in [0.25, 0.3) is 0 Å². The number of methoxy groups -OCH3 is 2. The molecule has 1 heterocycles. The molecule has 4 heteroatoms. The largest absolute Gasteiger partial charge is 0.493 e. The minimum Gasteiger partial charge on any atom is -0.493 e. The maximum atomic E-state index is 5.39. The van der Waals surface area contributed by atoms with E-state index in [-0.39, 0.29) is 0 Å². The first kappa shape index (κ1) is 19.7. The smallest absolute Gasteiger partial charge is 0.160 e. The van der Waals surface area contributed by atoms with Crippen LogP contribution in [0.1, 0.15) is 30.4 Å². The fraction of sp³-hybridized carbons (Fsp3) is 0.478. The van der Waals surface area contributed by atoms with Crippen LogP contribution in [-0.2, 0) is 13.0 Å². The van der Waals surface area contributed by atoms with Gasteiger partial charge in [-0.3, -0.25) is 4.90 Å². The second-order valence-corrected chi connectivity index (χ2v) is 7.28. The molecule has 3 rings (SSSR count). The Morgan fingerprint density at radius 2 is 1.67 bits per heavy atom. The van der Waals surface area contributed by atoms with E-state index < -0.39 is 0 Å². The van der Waals surface area contributed by atoms with Crippen LogP contribution in [0.3, 0.4) is 0 Å². The molecule has 0 aromatic heterocycles. The Hall–Kier alpha value is -2.04. The van der Waals surface area contributed by atoms with Crippen molar-refractivity contribution in [3.8, 4) is 11.5 Å². The van der Waals surface area contributed by atoms with E-state index in [4.69, 9.17) is 9.47 Å². The van der Waals surface area contributed by atoms with Gasteiger partial charge in [-0.1, -0.05) is 36.4 Å². The van der Waals surface area contributed by atoms with Crippen LogP contribution in [0, 0.1) is 0 Å². The van der Waals surface area contributed by atoms with E-state index in [1.54, 1.807) is 14.2 Å². The molecule has 0 spiro atoms. The molecule has 0 unspecified atom stereocenters. The Bertz CT molecular complexity index is 682. The van der Waals surface area contributed by atoms with Gasteiger partial charge in [0.15, 0.2) is 11.5 Å². The molecule has 1 fully saturated rings. The van der Waals surface area contributed by atoms with Crippen molar-refractivity contribution in [3.05, 3.63) is 59.7 Å². The van der Waals surface area contributed by atoms with Crippen LogP contribution >= 0.6 is 0 Å². The third-order valence-corrected chi connectivity index (χ3v) is 5.36. The third-order valence-electron chi connectivity index (χ3n) is 5.36. The van der Waals surface area contributed by atoms with E-state index in [0.29, 0.717) is 6.04 Å². The number of ether oxygens (including phenoxy) is 2. The van der Waals surface area contributed by atoms with Gasteiger partial charge in [-0.25, -0.2) is 0 Å². The van der Waals surface area contributed by atoms with E-state index >= 15 is 0 Å². The number of nitrogens with zero attached hydrogens (tertiary/aromatic N) is 1. The molecule has 1 saturated heterocycles. The number of hydrogen-bond acceptors (Lipinski definition) is 4. The molecule has 0 atom stereocenters. The van der Waals surface area contributed by atoms with Gasteiger partial charge in [0.05, 0.1) is 14.2 Å². The van der Waals surface area contributed by atoms with Crippen molar-refractivity contribution in [2.45, 2.75) is 38.3 Å². The van der Waals surface area contributed by atoms with Crippen LogP contribution in [0.5, 0.6) is 11.5 Å². The zero-order chi connectivity index (χ0) is 18.9. The van der Waals surface area contributed by atoms with Gasteiger partial charge in [-0.15, -0.1) is 0 Å². The average molecular weight is 369 g/mol. The highest BCUT2D eigenvalue weighted by Crippen LogP contribution is 2.27. The van der Waals surface area contributed by atoms with Gasteiger partial charge in [0.1, 0.15) is 0 Å². The van der Waals surface area contributed by atoms with Crippen LogP contribution in [0.4, 0.5) is 0 Å². The number of piperidine rings is 1. The van der Waals surface area contributed by atoms with Crippen LogP contribution in [0.15, 0.2) is 48.5 Å². The first-order chi connectivity index (χ1) is 13.3. The monoisotopic (exact) mass is 368 g/mol. The Balaban J connectivity index is 1.34. The van der Waals surface area contributed by atoms with Gasteiger partial charge in [-0.05, 0) is 68.6 Å². The predicted octanol–water partition coefficient (Wildman–Crippen LogP) is 3.89. The Morgan fingerprint density at radius 1 is 0.926 bits per heavy atom. The Kier molecular flexibility index (Phi) is 7.55. The fourth-order valence-corrected chi connectivity index (χ4v) is 3.77. The summed E-state index contributed by atoms with van der Waals surface area (Å²) in [6, 6.07) is 17.6. The molecule has 146 valence electrons. The molecular formula is C23H32N2O2. The van der Waals surface area contributed by atoms with Crippen LogP contribution < -0.4 is 14.8 Å². The van der Waals surface area contributed by atoms with Gasteiger partial charge >= 0.3 is 0 Å². The highest BCUT2D eigenvalue weighted by Gasteiger charge is 2.18. The molecular weight excluding hydrogens is 336 g/mol. The van der Waals surface area contributed by atoms with Gasteiger partial charge in [0, 0.05) is 12.6 Å². The zero-order valence-corrected chi connectivity index (χ0v) is 16.6. The van der Waals surface area contributed by atoms with Crippen molar-refractivity contribution in [1.29, 1.82) is 0 Å². The predicted molar refractivity (Wildman–Crippen MR) is 111 cm³/mol. The van der Waals surface area contributed by atoms with Crippen molar-refractivity contribution in [1.82, 2.24) is 10.2 Å². The Labute approximate surface area is 163 Å². The average Bonchev–Trinajstić information content (AvgIpc) is 2.73. The lowest BCUT2D eigenvalue weighted by Crippen LogP contribution is -2.42. The normalized spacial score (nSPS) is 15.6. The number of hydrogen-bond donors (Lipinski definition) is 1. The summed E-state index contributed by atoms with van der Waals surface area (Å²) in [6.07, 6.45) is 4.67. The van der Waals surface area contributed by atoms with Crippen LogP contribution in [0.25, 0.3) is 0 Å². The third kappa shape index (κ3) is 5.98. The van der Waals surface area contributed by atoms with Crippen molar-refractivity contribution in [2.75, 3.05) is 33.9 Å². The van der Waals surface area contributed by atoms with E-state index in [1.165, 1.54) is 37.1 Å². The molecule has 27 heavy (non-hydrogen) atoms. The highest BCUT2D eigenvalue weighted by molar-refractivity contribution is 5.42. The second-order valence-electron chi connectivity index (χ2n) is 7.28. The molecule has 0 aliphatic carbocycles. The molecule has 0 bridgehead atoms. The standard InChI is InChI=1S/C23H32N2O2/c1-26-22-11-10-19(17-23(22)27-2)9-6-14-24-21-12-15-25(16-13-21)18-20-7-4-3-5-8-20/h3-5,7-8,10-11,17,21,24H,6,9,12-16,18H2,1-2H3. The van der Waals surface area contributed by atoms with E-state index in [2.05, 4.69) is 52.7 Å². The van der Waals surface area contributed by atoms with Gasteiger partial charge in [0.2, 0.25) is 0 Å². The minimum atomic E-state index is 0.655. The topological polar surface area (TPSA) is 33.7 Å². The molecule has 4 nitrogen and oxygen atoms in total. The summed E-state index contributed by atoms with van der Waals surface area (Å²) in [4.78, 5) is 2.57. The maximum absolute atomic E-state index is 5.39. The lowest BCUT2D eigenvalue weighted by atomic mass is 10.0. The van der Waals surface area contributed by atoms with Gasteiger partial charge in [-0.2, -0.15) is 0 Å². The van der Waals surface area contributed by atoms with E-state index in [1.807, 2.05) is 6.07 Å².